The van der Waals surface area contributed by atoms with Gasteiger partial charge in [-0.25, -0.2) is 0 Å². The molecule has 1 radical (unpaired) electrons. The normalized spacial score (nSPS) is 22.3. The van der Waals surface area contributed by atoms with Gasteiger partial charge in [0, 0.05) is 6.42 Å². The minimum absolute atomic E-state index is 0.223. The Morgan fingerprint density at radius 2 is 1.57 bits per heavy atom. The Balaban J connectivity index is 3.12. The molecule has 8 heteroatoms. The van der Waals surface area contributed by atoms with Gasteiger partial charge in [-0.05, 0) is 0 Å². The second-order valence-corrected chi connectivity index (χ2v) is 2.65. The Hall–Kier alpha value is -0.950. The lowest BCUT2D eigenvalue weighted by molar-refractivity contribution is -0.360. The lowest BCUT2D eigenvalue weighted by Crippen LogP contribution is -2.56. The van der Waals surface area contributed by atoms with E-state index < -0.39 is 30.3 Å². The predicted molar refractivity (Wildman–Crippen MR) is 29.9 cm³/mol. The van der Waals surface area contributed by atoms with Crippen molar-refractivity contribution in [1.29, 1.82) is 0 Å². The highest BCUT2D eigenvalue weighted by Gasteiger charge is 2.75. The molecule has 14 heavy (non-hydrogen) atoms. The molecule has 1 aliphatic rings. The van der Waals surface area contributed by atoms with Crippen LogP contribution >= 0.6 is 0 Å². The first-order valence-electron chi connectivity index (χ1n) is 3.30. The van der Waals surface area contributed by atoms with Crippen LogP contribution in [0.15, 0.2) is 0 Å². The smallest absolute Gasteiger partial charge is 0.437 e. The molecule has 0 aromatic carbocycles. The van der Waals surface area contributed by atoms with E-state index in [-0.39, 0.29) is 6.42 Å². The Morgan fingerprint density at radius 1 is 1.14 bits per heavy atom. The molecule has 0 atom stereocenters. The van der Waals surface area contributed by atoms with Gasteiger partial charge in [0.25, 0.3) is 0 Å². The second kappa shape index (κ2) is 2.77. The minimum Gasteiger partial charge on any atom is -0.439 e. The second-order valence-electron chi connectivity index (χ2n) is 2.65. The van der Waals surface area contributed by atoms with Gasteiger partial charge < -0.3 is 4.74 Å². The van der Waals surface area contributed by atoms with Crippen LogP contribution in [0, 0.1) is 6.42 Å². The summed E-state index contributed by atoms with van der Waals surface area (Å²) in [4.78, 5) is 10.3. The van der Waals surface area contributed by atoms with E-state index in [0.717, 1.165) is 0 Å². The van der Waals surface area contributed by atoms with Crippen LogP contribution in [-0.2, 0) is 9.53 Å². The number of halogens is 6. The highest BCUT2D eigenvalue weighted by atomic mass is 19.4. The lowest BCUT2D eigenvalue weighted by Gasteiger charge is -2.31. The van der Waals surface area contributed by atoms with Gasteiger partial charge in [-0.2, -0.15) is 26.3 Å². The molecular formula is C6H3F6O2. The van der Waals surface area contributed by atoms with Gasteiger partial charge in [-0.1, -0.05) is 0 Å². The third kappa shape index (κ3) is 1.42. The fraction of sp³-hybridized carbons (Fsp3) is 0.667. The standard InChI is InChI=1S/C6H3F6O2/c7-5(8,9)4(6(10,11)12)2-1-3(13)14-4/h1H,2H2. The summed E-state index contributed by atoms with van der Waals surface area (Å²) in [5.41, 5.74) is -4.36. The van der Waals surface area contributed by atoms with Crippen LogP contribution in [0.25, 0.3) is 0 Å². The van der Waals surface area contributed by atoms with Crippen molar-refractivity contribution in [3.05, 3.63) is 6.42 Å². The van der Waals surface area contributed by atoms with Gasteiger partial charge in [-0.3, -0.25) is 4.79 Å². The van der Waals surface area contributed by atoms with Crippen LogP contribution in [0.4, 0.5) is 26.3 Å². The van der Waals surface area contributed by atoms with Crippen LogP contribution < -0.4 is 0 Å². The molecule has 81 valence electrons. The summed E-state index contributed by atoms with van der Waals surface area (Å²) in [6, 6.07) is 0. The molecule has 0 N–H and O–H groups in total. The van der Waals surface area contributed by atoms with Crippen LogP contribution in [0.1, 0.15) is 6.42 Å². The summed E-state index contributed by atoms with van der Waals surface area (Å²) in [5.74, 6) is -1.61. The van der Waals surface area contributed by atoms with E-state index in [9.17, 15) is 31.1 Å². The number of rotatable bonds is 0. The van der Waals surface area contributed by atoms with Gasteiger partial charge in [0.15, 0.2) is 0 Å². The average molecular weight is 221 g/mol. The molecule has 1 heterocycles. The molecule has 2 nitrogen and oxygen atoms in total. The van der Waals surface area contributed by atoms with Gasteiger partial charge in [-0.15, -0.1) is 0 Å². The van der Waals surface area contributed by atoms with Crippen LogP contribution in [-0.4, -0.2) is 23.9 Å². The van der Waals surface area contributed by atoms with Gasteiger partial charge >= 0.3 is 23.9 Å². The highest BCUT2D eigenvalue weighted by molar-refractivity contribution is 5.82. The van der Waals surface area contributed by atoms with Crippen molar-refractivity contribution in [3.63, 3.8) is 0 Å². The summed E-state index contributed by atoms with van der Waals surface area (Å²) in [5, 5.41) is 0. The number of ether oxygens (including phenoxy) is 1. The number of carbonyl (C=O) groups is 1. The maximum atomic E-state index is 12.1. The molecule has 0 unspecified atom stereocenters. The molecule has 1 aliphatic heterocycles. The molecule has 0 saturated carbocycles. The quantitative estimate of drug-likeness (QED) is 0.462. The summed E-state index contributed by atoms with van der Waals surface area (Å²) in [6.07, 6.45) is -12.6. The van der Waals surface area contributed by atoms with Crippen molar-refractivity contribution in [2.75, 3.05) is 0 Å². The van der Waals surface area contributed by atoms with E-state index in [1.54, 1.807) is 0 Å². The molecular weight excluding hydrogens is 218 g/mol. The zero-order valence-corrected chi connectivity index (χ0v) is 6.37. The minimum atomic E-state index is -5.66. The zero-order chi connectivity index (χ0) is 11.2. The Labute approximate surface area is 73.8 Å². The topological polar surface area (TPSA) is 26.3 Å². The highest BCUT2D eigenvalue weighted by Crippen LogP contribution is 2.51. The summed E-state index contributed by atoms with van der Waals surface area (Å²) in [7, 11) is 0. The Bertz CT molecular complexity index is 238. The average Bonchev–Trinajstić information content (AvgIpc) is 2.28. The number of cyclic esters (lactones) is 1. The number of hydrogen-bond acceptors (Lipinski definition) is 2. The number of carbonyl (C=O) groups excluding carboxylic acids is 1. The van der Waals surface area contributed by atoms with Crippen molar-refractivity contribution >= 4 is 5.97 Å². The van der Waals surface area contributed by atoms with Crippen LogP contribution in [0.5, 0.6) is 0 Å². The summed E-state index contributed by atoms with van der Waals surface area (Å²) in [6.45, 7) is 0. The third-order valence-corrected chi connectivity index (χ3v) is 1.75. The molecule has 0 aromatic heterocycles. The first-order chi connectivity index (χ1) is 6.10. The van der Waals surface area contributed by atoms with E-state index in [4.69, 9.17) is 0 Å². The zero-order valence-electron chi connectivity index (χ0n) is 6.37. The largest absolute Gasteiger partial charge is 0.439 e. The van der Waals surface area contributed by atoms with Crippen molar-refractivity contribution in [3.8, 4) is 0 Å². The molecule has 0 bridgehead atoms. The fourth-order valence-corrected chi connectivity index (χ4v) is 0.990. The van der Waals surface area contributed by atoms with E-state index in [1.807, 2.05) is 0 Å². The van der Waals surface area contributed by atoms with Crippen LogP contribution in [0.3, 0.4) is 0 Å². The van der Waals surface area contributed by atoms with E-state index in [2.05, 4.69) is 4.74 Å². The maximum absolute atomic E-state index is 12.1. The van der Waals surface area contributed by atoms with Gasteiger partial charge in [0.05, 0.1) is 6.42 Å². The number of esters is 1. The first kappa shape index (κ1) is 11.1. The SMILES string of the molecule is O=C1[CH]CC(C(F)(F)F)(C(F)(F)F)O1. The Kier molecular flexibility index (Phi) is 2.20. The van der Waals surface area contributed by atoms with Crippen molar-refractivity contribution in [2.24, 2.45) is 0 Å². The summed E-state index contributed by atoms with van der Waals surface area (Å²) >= 11 is 0. The molecule has 1 saturated heterocycles. The fourth-order valence-electron chi connectivity index (χ4n) is 0.990. The molecule has 0 amide bonds. The number of hydrogen-bond donors (Lipinski definition) is 0. The monoisotopic (exact) mass is 221 g/mol. The molecule has 0 aromatic rings. The van der Waals surface area contributed by atoms with Crippen molar-refractivity contribution in [2.45, 2.75) is 24.4 Å². The van der Waals surface area contributed by atoms with Crippen molar-refractivity contribution < 1.29 is 35.9 Å². The lowest BCUT2D eigenvalue weighted by atomic mass is 9.99. The Morgan fingerprint density at radius 3 is 1.71 bits per heavy atom. The van der Waals surface area contributed by atoms with E-state index >= 15 is 0 Å². The van der Waals surface area contributed by atoms with Gasteiger partial charge in [0.2, 0.25) is 0 Å². The first-order valence-corrected chi connectivity index (χ1v) is 3.30. The molecule has 1 fully saturated rings. The number of alkyl halides is 6. The predicted octanol–water partition coefficient (Wildman–Crippen LogP) is 2.00. The maximum Gasteiger partial charge on any atom is 0.437 e. The molecule has 0 aliphatic carbocycles. The van der Waals surface area contributed by atoms with Crippen molar-refractivity contribution in [1.82, 2.24) is 0 Å². The van der Waals surface area contributed by atoms with E-state index in [1.165, 1.54) is 0 Å². The molecule has 0 spiro atoms. The third-order valence-electron chi connectivity index (χ3n) is 1.75. The summed E-state index contributed by atoms with van der Waals surface area (Å²) < 4.78 is 75.7. The van der Waals surface area contributed by atoms with Crippen LogP contribution in [0.2, 0.25) is 0 Å². The van der Waals surface area contributed by atoms with Gasteiger partial charge in [0.1, 0.15) is 0 Å². The molecule has 1 rings (SSSR count). The van der Waals surface area contributed by atoms with E-state index in [0.29, 0.717) is 0 Å².